The maximum absolute atomic E-state index is 4.63. The summed E-state index contributed by atoms with van der Waals surface area (Å²) in [4.78, 5) is 1.35. The van der Waals surface area contributed by atoms with Crippen LogP contribution in [0.5, 0.6) is 0 Å². The molecule has 0 aliphatic heterocycles. The van der Waals surface area contributed by atoms with Crippen LogP contribution in [0.1, 0.15) is 43.4 Å². The average molecular weight is 342 g/mol. The summed E-state index contributed by atoms with van der Waals surface area (Å²) in [7, 11) is 0. The van der Waals surface area contributed by atoms with Crippen LogP contribution in [0.4, 0.5) is 0 Å². The second-order valence-electron chi connectivity index (χ2n) is 4.86. The first-order valence-electron chi connectivity index (χ1n) is 6.61. The Balaban J connectivity index is 2.11. The van der Waals surface area contributed by atoms with Crippen LogP contribution in [0.15, 0.2) is 28.2 Å². The molecule has 2 aromatic heterocycles. The first kappa shape index (κ1) is 14.8. The lowest BCUT2D eigenvalue weighted by Crippen LogP contribution is -2.22. The highest BCUT2D eigenvalue weighted by atomic mass is 79.9. The fourth-order valence-corrected chi connectivity index (χ4v) is 3.53. The normalized spacial score (nSPS) is 13.1. The Morgan fingerprint density at radius 2 is 2.26 bits per heavy atom. The molecule has 1 unspecified atom stereocenters. The molecular formula is C14H20BrN3S. The molecule has 0 saturated carbocycles. The highest BCUT2D eigenvalue weighted by Gasteiger charge is 2.15. The predicted molar refractivity (Wildman–Crippen MR) is 84.8 cm³/mol. The molecule has 0 aromatic carbocycles. The molecule has 19 heavy (non-hydrogen) atoms. The summed E-state index contributed by atoms with van der Waals surface area (Å²) >= 11 is 5.31. The van der Waals surface area contributed by atoms with Crippen molar-refractivity contribution >= 4 is 27.3 Å². The third kappa shape index (κ3) is 3.91. The topological polar surface area (TPSA) is 29.9 Å². The van der Waals surface area contributed by atoms with Gasteiger partial charge >= 0.3 is 0 Å². The quantitative estimate of drug-likeness (QED) is 0.853. The minimum atomic E-state index is 0.344. The summed E-state index contributed by atoms with van der Waals surface area (Å²) in [6.07, 6.45) is 2.99. The molecule has 0 aliphatic carbocycles. The van der Waals surface area contributed by atoms with Crippen molar-refractivity contribution in [1.29, 1.82) is 0 Å². The maximum atomic E-state index is 4.63. The van der Waals surface area contributed by atoms with Gasteiger partial charge < -0.3 is 5.32 Å². The zero-order valence-corrected chi connectivity index (χ0v) is 14.0. The molecule has 104 valence electrons. The van der Waals surface area contributed by atoms with Gasteiger partial charge in [-0.05, 0) is 48.5 Å². The zero-order valence-electron chi connectivity index (χ0n) is 11.6. The fourth-order valence-electron chi connectivity index (χ4n) is 2.01. The Hall–Kier alpha value is -0.650. The van der Waals surface area contributed by atoms with Crippen LogP contribution in [0.3, 0.4) is 0 Å². The Morgan fingerprint density at radius 3 is 2.79 bits per heavy atom. The van der Waals surface area contributed by atoms with E-state index in [-0.39, 0.29) is 0 Å². The molecule has 0 aliphatic rings. The minimum absolute atomic E-state index is 0.344. The number of rotatable bonds is 6. The maximum Gasteiger partial charge on any atom is 0.0644 e. The van der Waals surface area contributed by atoms with Crippen LogP contribution in [0.25, 0.3) is 0 Å². The SMILES string of the molecule is CCNC(Cc1ccn(C(C)C)n1)c1cc(Br)cs1. The number of likely N-dealkylation sites (N-methyl/N-ethyl adjacent to an activating group) is 1. The van der Waals surface area contributed by atoms with E-state index in [1.54, 1.807) is 11.3 Å². The van der Waals surface area contributed by atoms with Gasteiger partial charge in [0.05, 0.1) is 5.69 Å². The molecule has 5 heteroatoms. The van der Waals surface area contributed by atoms with Gasteiger partial charge in [-0.3, -0.25) is 4.68 Å². The van der Waals surface area contributed by atoms with E-state index < -0.39 is 0 Å². The van der Waals surface area contributed by atoms with E-state index in [1.807, 2.05) is 4.68 Å². The number of thiophene rings is 1. The summed E-state index contributed by atoms with van der Waals surface area (Å²) in [6.45, 7) is 7.40. The molecule has 3 nitrogen and oxygen atoms in total. The van der Waals surface area contributed by atoms with Crippen molar-refractivity contribution in [3.05, 3.63) is 38.8 Å². The second-order valence-corrected chi connectivity index (χ2v) is 6.72. The second kappa shape index (κ2) is 6.68. The van der Waals surface area contributed by atoms with Crippen molar-refractivity contribution < 1.29 is 0 Å². The van der Waals surface area contributed by atoms with Gasteiger partial charge in [0.1, 0.15) is 0 Å². The van der Waals surface area contributed by atoms with Crippen molar-refractivity contribution in [3.63, 3.8) is 0 Å². The van der Waals surface area contributed by atoms with E-state index in [0.717, 1.165) is 23.1 Å². The first-order chi connectivity index (χ1) is 9.10. The van der Waals surface area contributed by atoms with Gasteiger partial charge in [-0.25, -0.2) is 0 Å². The largest absolute Gasteiger partial charge is 0.309 e. The monoisotopic (exact) mass is 341 g/mol. The molecule has 0 saturated heterocycles. The number of hydrogen-bond donors (Lipinski definition) is 1. The molecule has 0 radical (unpaired) electrons. The summed E-state index contributed by atoms with van der Waals surface area (Å²) in [5, 5.41) is 10.3. The summed E-state index contributed by atoms with van der Waals surface area (Å²) in [6, 6.07) is 5.07. The lowest BCUT2D eigenvalue weighted by atomic mass is 10.1. The predicted octanol–water partition coefficient (Wildman–Crippen LogP) is 4.18. The Morgan fingerprint density at radius 1 is 1.47 bits per heavy atom. The summed E-state index contributed by atoms with van der Waals surface area (Å²) < 4.78 is 3.17. The van der Waals surface area contributed by atoms with Crippen molar-refractivity contribution in [1.82, 2.24) is 15.1 Å². The Bertz CT molecular complexity index is 518. The highest BCUT2D eigenvalue weighted by Crippen LogP contribution is 2.27. The molecule has 2 rings (SSSR count). The number of aromatic nitrogens is 2. The van der Waals surface area contributed by atoms with Crippen molar-refractivity contribution in [3.8, 4) is 0 Å². The fraction of sp³-hybridized carbons (Fsp3) is 0.500. The Labute approximate surface area is 127 Å². The number of hydrogen-bond acceptors (Lipinski definition) is 3. The number of nitrogens with one attached hydrogen (secondary N) is 1. The summed E-state index contributed by atoms with van der Waals surface area (Å²) in [5.41, 5.74) is 1.14. The van der Waals surface area contributed by atoms with E-state index in [9.17, 15) is 0 Å². The third-order valence-electron chi connectivity index (χ3n) is 2.99. The smallest absolute Gasteiger partial charge is 0.0644 e. The van der Waals surface area contributed by atoms with E-state index in [1.165, 1.54) is 4.88 Å². The van der Waals surface area contributed by atoms with Gasteiger partial charge in [-0.2, -0.15) is 5.10 Å². The van der Waals surface area contributed by atoms with Gasteiger partial charge in [0, 0.05) is 39.4 Å². The molecule has 0 amide bonds. The zero-order chi connectivity index (χ0) is 13.8. The lowest BCUT2D eigenvalue weighted by molar-refractivity contribution is 0.509. The van der Waals surface area contributed by atoms with Crippen LogP contribution < -0.4 is 5.32 Å². The molecule has 1 N–H and O–H groups in total. The van der Waals surface area contributed by atoms with Gasteiger partial charge in [-0.15, -0.1) is 11.3 Å². The van der Waals surface area contributed by atoms with E-state index in [0.29, 0.717) is 12.1 Å². The van der Waals surface area contributed by atoms with Crippen LogP contribution in [-0.4, -0.2) is 16.3 Å². The Kier molecular flexibility index (Phi) is 5.19. The van der Waals surface area contributed by atoms with Gasteiger partial charge in [0.25, 0.3) is 0 Å². The molecule has 0 fully saturated rings. The number of nitrogens with zero attached hydrogens (tertiary/aromatic N) is 2. The molecule has 2 heterocycles. The molecule has 0 spiro atoms. The molecule has 0 bridgehead atoms. The van der Waals surface area contributed by atoms with Crippen LogP contribution >= 0.6 is 27.3 Å². The highest BCUT2D eigenvalue weighted by molar-refractivity contribution is 9.10. The minimum Gasteiger partial charge on any atom is -0.309 e. The van der Waals surface area contributed by atoms with Crippen molar-refractivity contribution in [2.75, 3.05) is 6.54 Å². The molecule has 2 aromatic rings. The lowest BCUT2D eigenvalue weighted by Gasteiger charge is -2.15. The van der Waals surface area contributed by atoms with Crippen molar-refractivity contribution in [2.24, 2.45) is 0 Å². The summed E-state index contributed by atoms with van der Waals surface area (Å²) in [5.74, 6) is 0. The van der Waals surface area contributed by atoms with E-state index in [4.69, 9.17) is 0 Å². The third-order valence-corrected chi connectivity index (χ3v) is 4.79. The van der Waals surface area contributed by atoms with Gasteiger partial charge in [0.15, 0.2) is 0 Å². The first-order valence-corrected chi connectivity index (χ1v) is 8.28. The van der Waals surface area contributed by atoms with Gasteiger partial charge in [0.2, 0.25) is 0 Å². The number of halogens is 1. The average Bonchev–Trinajstić information content (AvgIpc) is 2.97. The standard InChI is InChI=1S/C14H20BrN3S/c1-4-16-13(14-7-11(15)9-19-14)8-12-5-6-18(17-12)10(2)3/h5-7,9-10,13,16H,4,8H2,1-3H3. The van der Waals surface area contributed by atoms with E-state index in [2.05, 4.69) is 70.8 Å². The van der Waals surface area contributed by atoms with Crippen LogP contribution in [-0.2, 0) is 6.42 Å². The molecular weight excluding hydrogens is 322 g/mol. The molecule has 1 atom stereocenters. The van der Waals surface area contributed by atoms with E-state index >= 15 is 0 Å². The van der Waals surface area contributed by atoms with Crippen LogP contribution in [0.2, 0.25) is 0 Å². The van der Waals surface area contributed by atoms with Crippen LogP contribution in [0, 0.1) is 0 Å². The van der Waals surface area contributed by atoms with Crippen molar-refractivity contribution in [2.45, 2.75) is 39.3 Å². The van der Waals surface area contributed by atoms with Gasteiger partial charge in [-0.1, -0.05) is 6.92 Å².